The number of rotatable bonds is 4. The highest BCUT2D eigenvalue weighted by atomic mass is 19.4. The molecule has 0 unspecified atom stereocenters. The third-order valence-electron chi connectivity index (χ3n) is 5.40. The first-order valence-electron chi connectivity index (χ1n) is 10.1. The van der Waals surface area contributed by atoms with Gasteiger partial charge in [0.15, 0.2) is 5.69 Å². The summed E-state index contributed by atoms with van der Waals surface area (Å²) >= 11 is 0. The van der Waals surface area contributed by atoms with E-state index in [1.54, 1.807) is 30.3 Å². The number of methoxy groups -OCH3 is 1. The number of esters is 1. The largest absolute Gasteiger partial charge is 0.465 e. The lowest BCUT2D eigenvalue weighted by Crippen LogP contribution is -2.15. The number of nitrogens with one attached hydrogen (secondary N) is 1. The number of hydrogen-bond acceptors (Lipinski definition) is 4. The van der Waals surface area contributed by atoms with E-state index in [1.165, 1.54) is 30.0 Å². The van der Waals surface area contributed by atoms with Crippen molar-refractivity contribution < 1.29 is 27.5 Å². The van der Waals surface area contributed by atoms with Crippen molar-refractivity contribution in [3.63, 3.8) is 0 Å². The molecule has 6 nitrogen and oxygen atoms in total. The van der Waals surface area contributed by atoms with Gasteiger partial charge in [-0.15, -0.1) is 0 Å². The summed E-state index contributed by atoms with van der Waals surface area (Å²) in [4.78, 5) is 24.5. The number of carbonyl (C=O) groups is 2. The van der Waals surface area contributed by atoms with Gasteiger partial charge in [-0.2, -0.15) is 18.3 Å². The van der Waals surface area contributed by atoms with E-state index in [1.807, 2.05) is 0 Å². The van der Waals surface area contributed by atoms with E-state index in [4.69, 9.17) is 4.74 Å². The molecule has 0 saturated heterocycles. The number of alkyl halides is 3. The molecule has 0 saturated carbocycles. The number of carbonyl (C=O) groups excluding carboxylic acids is 2. The zero-order chi connectivity index (χ0) is 22.9. The number of amides is 1. The number of fused-ring (bicyclic) bond motifs is 1. The minimum absolute atomic E-state index is 0.211. The second-order valence-corrected chi connectivity index (χ2v) is 7.43. The van der Waals surface area contributed by atoms with Crippen LogP contribution in [0, 0.1) is 0 Å². The van der Waals surface area contributed by atoms with Gasteiger partial charge < -0.3 is 10.1 Å². The Labute approximate surface area is 182 Å². The van der Waals surface area contributed by atoms with Crippen LogP contribution in [0.5, 0.6) is 0 Å². The number of nitrogens with zero attached hydrogens (tertiary/aromatic N) is 2. The highest BCUT2D eigenvalue weighted by Crippen LogP contribution is 2.36. The fourth-order valence-corrected chi connectivity index (χ4v) is 3.87. The third kappa shape index (κ3) is 4.10. The number of hydrogen-bond donors (Lipinski definition) is 1. The average molecular weight is 443 g/mol. The molecule has 0 radical (unpaired) electrons. The van der Waals surface area contributed by atoms with Gasteiger partial charge >= 0.3 is 12.1 Å². The number of halogens is 3. The standard InChI is InChI=1S/C23H20F3N3O3/c1-32-22(31)16-6-2-4-8-18(16)27-21(30)14-10-12-15(13-11-14)29-19-9-5-3-7-17(19)20(28-29)23(24,25)26/h2,4,6,8,10-13H,3,5,7,9H2,1H3,(H,27,30). The zero-order valence-electron chi connectivity index (χ0n) is 17.2. The van der Waals surface area contributed by atoms with Crippen molar-refractivity contribution in [3.8, 4) is 5.69 Å². The molecule has 1 aromatic heterocycles. The Morgan fingerprint density at radius 1 is 1.03 bits per heavy atom. The molecule has 1 heterocycles. The summed E-state index contributed by atoms with van der Waals surface area (Å²) in [5.41, 5.74) is 1.22. The monoisotopic (exact) mass is 443 g/mol. The van der Waals surface area contributed by atoms with Gasteiger partial charge in [0, 0.05) is 16.8 Å². The molecule has 4 rings (SSSR count). The lowest BCUT2D eigenvalue weighted by atomic mass is 9.95. The van der Waals surface area contributed by atoms with Crippen LogP contribution in [0.15, 0.2) is 48.5 Å². The van der Waals surface area contributed by atoms with Crippen molar-refractivity contribution in [2.45, 2.75) is 31.9 Å². The molecule has 0 aliphatic heterocycles. The average Bonchev–Trinajstić information content (AvgIpc) is 3.19. The van der Waals surface area contributed by atoms with Crippen molar-refractivity contribution in [2.75, 3.05) is 12.4 Å². The molecule has 32 heavy (non-hydrogen) atoms. The molecular weight excluding hydrogens is 423 g/mol. The molecule has 0 spiro atoms. The van der Waals surface area contributed by atoms with E-state index in [-0.39, 0.29) is 16.7 Å². The van der Waals surface area contributed by atoms with E-state index >= 15 is 0 Å². The summed E-state index contributed by atoms with van der Waals surface area (Å²) in [6, 6.07) is 12.6. The normalized spacial score (nSPS) is 13.4. The minimum atomic E-state index is -4.51. The molecule has 2 aromatic carbocycles. The molecule has 1 aliphatic carbocycles. The highest BCUT2D eigenvalue weighted by Gasteiger charge is 2.39. The van der Waals surface area contributed by atoms with Crippen LogP contribution in [-0.4, -0.2) is 28.8 Å². The molecule has 3 aromatic rings. The van der Waals surface area contributed by atoms with Gasteiger partial charge in [0.05, 0.1) is 24.0 Å². The second-order valence-electron chi connectivity index (χ2n) is 7.43. The highest BCUT2D eigenvalue weighted by molar-refractivity contribution is 6.08. The summed E-state index contributed by atoms with van der Waals surface area (Å²) in [6.07, 6.45) is -2.14. The van der Waals surface area contributed by atoms with Gasteiger partial charge in [0.2, 0.25) is 0 Å². The maximum atomic E-state index is 13.4. The summed E-state index contributed by atoms with van der Waals surface area (Å²) in [6.45, 7) is 0. The van der Waals surface area contributed by atoms with Crippen molar-refractivity contribution in [3.05, 3.63) is 76.6 Å². The van der Waals surface area contributed by atoms with Gasteiger partial charge in [-0.3, -0.25) is 4.79 Å². The summed E-state index contributed by atoms with van der Waals surface area (Å²) in [7, 11) is 1.25. The molecule has 1 amide bonds. The Morgan fingerprint density at radius 3 is 2.41 bits per heavy atom. The van der Waals surface area contributed by atoms with Crippen molar-refractivity contribution in [1.82, 2.24) is 9.78 Å². The van der Waals surface area contributed by atoms with E-state index in [0.29, 0.717) is 36.3 Å². The van der Waals surface area contributed by atoms with Crippen LogP contribution in [-0.2, 0) is 23.8 Å². The molecule has 0 fully saturated rings. The Balaban J connectivity index is 1.61. The molecule has 0 bridgehead atoms. The number of anilines is 1. The lowest BCUT2D eigenvalue weighted by molar-refractivity contribution is -0.142. The molecule has 0 atom stereocenters. The smallest absolute Gasteiger partial charge is 0.435 e. The molecule has 9 heteroatoms. The van der Waals surface area contributed by atoms with E-state index < -0.39 is 23.7 Å². The Kier molecular flexibility index (Phi) is 5.73. The first-order valence-corrected chi connectivity index (χ1v) is 10.1. The first-order chi connectivity index (χ1) is 15.3. The predicted molar refractivity (Wildman–Crippen MR) is 111 cm³/mol. The van der Waals surface area contributed by atoms with Gasteiger partial charge in [-0.1, -0.05) is 12.1 Å². The fraction of sp³-hybridized carbons (Fsp3) is 0.261. The number of benzene rings is 2. The first kappa shape index (κ1) is 21.6. The molecule has 1 N–H and O–H groups in total. The zero-order valence-corrected chi connectivity index (χ0v) is 17.2. The Morgan fingerprint density at radius 2 is 1.72 bits per heavy atom. The van der Waals surface area contributed by atoms with Crippen molar-refractivity contribution >= 4 is 17.6 Å². The maximum Gasteiger partial charge on any atom is 0.435 e. The summed E-state index contributed by atoms with van der Waals surface area (Å²) in [5.74, 6) is -1.05. The van der Waals surface area contributed by atoms with Crippen molar-refractivity contribution in [1.29, 1.82) is 0 Å². The topological polar surface area (TPSA) is 73.2 Å². The van der Waals surface area contributed by atoms with Crippen molar-refractivity contribution in [2.24, 2.45) is 0 Å². The van der Waals surface area contributed by atoms with Crippen LogP contribution in [0.3, 0.4) is 0 Å². The molecule has 166 valence electrons. The quantitative estimate of drug-likeness (QED) is 0.588. The third-order valence-corrected chi connectivity index (χ3v) is 5.40. The number of aromatic nitrogens is 2. The number of para-hydroxylation sites is 1. The minimum Gasteiger partial charge on any atom is -0.465 e. The predicted octanol–water partition coefficient (Wildman–Crippen LogP) is 4.81. The summed E-state index contributed by atoms with van der Waals surface area (Å²) in [5, 5.41) is 6.52. The van der Waals surface area contributed by atoms with Crippen LogP contribution in [0.4, 0.5) is 18.9 Å². The van der Waals surface area contributed by atoms with Crippen LogP contribution in [0.25, 0.3) is 5.69 Å². The van der Waals surface area contributed by atoms with Gasteiger partial charge in [0.25, 0.3) is 5.91 Å². The van der Waals surface area contributed by atoms with Gasteiger partial charge in [-0.05, 0) is 62.1 Å². The van der Waals surface area contributed by atoms with Gasteiger partial charge in [-0.25, -0.2) is 9.48 Å². The maximum absolute atomic E-state index is 13.4. The van der Waals surface area contributed by atoms with E-state index in [0.717, 1.165) is 6.42 Å². The second kappa shape index (κ2) is 8.49. The van der Waals surface area contributed by atoms with Gasteiger partial charge in [0.1, 0.15) is 0 Å². The van der Waals surface area contributed by atoms with Crippen LogP contribution >= 0.6 is 0 Å². The van der Waals surface area contributed by atoms with E-state index in [2.05, 4.69) is 10.4 Å². The Bertz CT molecular complexity index is 1170. The summed E-state index contributed by atoms with van der Waals surface area (Å²) < 4.78 is 46.4. The van der Waals surface area contributed by atoms with E-state index in [9.17, 15) is 22.8 Å². The van der Waals surface area contributed by atoms with Crippen LogP contribution < -0.4 is 5.32 Å². The SMILES string of the molecule is COC(=O)c1ccccc1NC(=O)c1ccc(-n2nc(C(F)(F)F)c3c2CCCC3)cc1. The Hall–Kier alpha value is -3.62. The van der Waals surface area contributed by atoms with Crippen LogP contribution in [0.2, 0.25) is 0 Å². The lowest BCUT2D eigenvalue weighted by Gasteiger charge is -2.15. The molecular formula is C23H20F3N3O3. The number of ether oxygens (including phenoxy) is 1. The fourth-order valence-electron chi connectivity index (χ4n) is 3.87. The van der Waals surface area contributed by atoms with Crippen LogP contribution in [0.1, 0.15) is 50.5 Å². The molecule has 1 aliphatic rings.